The first-order valence-electron chi connectivity index (χ1n) is 9.54. The lowest BCUT2D eigenvalue weighted by atomic mass is 9.91. The normalized spacial score (nSPS) is 18.9. The second-order valence-corrected chi connectivity index (χ2v) is 8.97. The van der Waals surface area contributed by atoms with E-state index in [2.05, 4.69) is 10.3 Å². The summed E-state index contributed by atoms with van der Waals surface area (Å²) in [5.74, 6) is -0.0147. The summed E-state index contributed by atoms with van der Waals surface area (Å²) >= 11 is 6.88. The highest BCUT2D eigenvalue weighted by Crippen LogP contribution is 2.47. The van der Waals surface area contributed by atoms with Crippen LogP contribution >= 0.6 is 22.9 Å². The van der Waals surface area contributed by atoms with Crippen LogP contribution in [0.1, 0.15) is 31.9 Å². The lowest BCUT2D eigenvalue weighted by Crippen LogP contribution is -2.51. The van der Waals surface area contributed by atoms with Gasteiger partial charge in [0.05, 0.1) is 17.3 Å². The van der Waals surface area contributed by atoms with Crippen LogP contribution in [0.5, 0.6) is 0 Å². The minimum atomic E-state index is -4.61. The highest BCUT2D eigenvalue weighted by atomic mass is 35.5. The van der Waals surface area contributed by atoms with Gasteiger partial charge in [-0.15, -0.1) is 11.3 Å². The number of Topliss-reactive ketones (excluding diaryl/α,β-unsaturated/α-hetero) is 1. The Kier molecular flexibility index (Phi) is 6.64. The quantitative estimate of drug-likeness (QED) is 0.472. The highest BCUT2D eigenvalue weighted by Gasteiger charge is 2.51. The minimum absolute atomic E-state index is 0.118. The monoisotopic (exact) mass is 474 g/mol. The zero-order valence-corrected chi connectivity index (χ0v) is 18.7. The van der Waals surface area contributed by atoms with Crippen molar-refractivity contribution in [3.8, 4) is 0 Å². The van der Waals surface area contributed by atoms with Gasteiger partial charge in [-0.3, -0.25) is 14.5 Å². The molecule has 0 amide bonds. The Labute approximate surface area is 187 Å². The Morgan fingerprint density at radius 3 is 2.74 bits per heavy atom. The van der Waals surface area contributed by atoms with Gasteiger partial charge in [-0.1, -0.05) is 11.6 Å². The van der Waals surface area contributed by atoms with Gasteiger partial charge in [-0.2, -0.15) is 13.2 Å². The maximum atomic E-state index is 13.2. The number of hydrogen-bond acceptors (Lipinski definition) is 7. The van der Waals surface area contributed by atoms with Crippen LogP contribution in [0.25, 0.3) is 0 Å². The zero-order valence-electron chi connectivity index (χ0n) is 17.2. The molecular formula is C20H22ClF3N4O2S. The molecule has 11 heteroatoms. The molecule has 2 aromatic rings. The molecule has 3 heterocycles. The summed E-state index contributed by atoms with van der Waals surface area (Å²) in [6.45, 7) is 6.77. The van der Waals surface area contributed by atoms with Crippen molar-refractivity contribution in [1.82, 2.24) is 9.88 Å². The smallest absolute Gasteiger partial charge is 0.370 e. The average molecular weight is 475 g/mol. The fourth-order valence-electron chi connectivity index (χ4n) is 3.79. The van der Waals surface area contributed by atoms with E-state index in [1.807, 2.05) is 24.0 Å². The van der Waals surface area contributed by atoms with E-state index >= 15 is 0 Å². The van der Waals surface area contributed by atoms with Crippen molar-refractivity contribution >= 4 is 45.8 Å². The molecule has 1 saturated heterocycles. The van der Waals surface area contributed by atoms with E-state index in [-0.39, 0.29) is 18.0 Å². The molecule has 0 saturated carbocycles. The van der Waals surface area contributed by atoms with Crippen molar-refractivity contribution in [2.75, 3.05) is 23.4 Å². The third-order valence-corrected chi connectivity index (χ3v) is 6.85. The van der Waals surface area contributed by atoms with Crippen LogP contribution in [0.3, 0.4) is 0 Å². The van der Waals surface area contributed by atoms with Crippen LogP contribution in [-0.4, -0.2) is 46.7 Å². The van der Waals surface area contributed by atoms with E-state index in [9.17, 15) is 22.8 Å². The molecule has 0 aliphatic carbocycles. The maximum Gasteiger partial charge on any atom is 0.418 e. The predicted octanol–water partition coefficient (Wildman–Crippen LogP) is 4.44. The number of aromatic nitrogens is 1. The molecule has 1 atom stereocenters. The van der Waals surface area contributed by atoms with E-state index in [0.717, 1.165) is 22.3 Å². The number of alkyl halides is 3. The Balaban J connectivity index is 1.98. The van der Waals surface area contributed by atoms with Crippen molar-refractivity contribution in [3.05, 3.63) is 39.9 Å². The number of halogens is 4. The predicted molar refractivity (Wildman–Crippen MR) is 115 cm³/mol. The number of rotatable bonds is 7. The molecule has 3 rings (SSSR count). The summed E-state index contributed by atoms with van der Waals surface area (Å²) in [5.41, 5.74) is -0.885. The fraction of sp³-hybridized carbons (Fsp3) is 0.450. The Bertz CT molecular complexity index is 980. The summed E-state index contributed by atoms with van der Waals surface area (Å²) in [4.78, 5) is 31.6. The number of nitrogens with zero attached hydrogens (tertiary/aromatic N) is 3. The number of pyridine rings is 1. The second kappa shape index (κ2) is 8.76. The summed E-state index contributed by atoms with van der Waals surface area (Å²) < 4.78 is 39.7. The fourth-order valence-corrected chi connectivity index (χ4v) is 5.25. The zero-order chi connectivity index (χ0) is 23.0. The number of aldehydes is 1. The van der Waals surface area contributed by atoms with Crippen LogP contribution in [-0.2, 0) is 22.3 Å². The van der Waals surface area contributed by atoms with Crippen LogP contribution in [0.2, 0.25) is 5.02 Å². The standard InChI is InChI=1S/C20H22ClF3N4O2S/c1-4-25-15-7-12(5-6-26-15)8-27-11-28(17(14(30)9-29)19(27,2)3)18-16(21)13(10-31-18)20(22,23)24/h5-7,9-10,17H,4,8,11H2,1-3H3,(H,25,26). The minimum Gasteiger partial charge on any atom is -0.370 e. The van der Waals surface area contributed by atoms with Crippen molar-refractivity contribution in [3.63, 3.8) is 0 Å². The van der Waals surface area contributed by atoms with E-state index in [4.69, 9.17) is 11.6 Å². The van der Waals surface area contributed by atoms with E-state index in [1.165, 1.54) is 4.90 Å². The molecule has 1 unspecified atom stereocenters. The van der Waals surface area contributed by atoms with E-state index < -0.39 is 34.1 Å². The Morgan fingerprint density at radius 1 is 1.45 bits per heavy atom. The number of anilines is 2. The van der Waals surface area contributed by atoms with Crippen LogP contribution in [0.15, 0.2) is 23.7 Å². The molecule has 0 aromatic carbocycles. The highest BCUT2D eigenvalue weighted by molar-refractivity contribution is 7.15. The van der Waals surface area contributed by atoms with E-state index in [0.29, 0.717) is 18.9 Å². The molecule has 1 aliphatic heterocycles. The molecular weight excluding hydrogens is 453 g/mol. The average Bonchev–Trinajstić information content (AvgIpc) is 3.19. The molecule has 0 spiro atoms. The summed E-state index contributed by atoms with van der Waals surface area (Å²) in [5, 5.41) is 3.72. The summed E-state index contributed by atoms with van der Waals surface area (Å²) in [6, 6.07) is 2.73. The Morgan fingerprint density at radius 2 is 2.16 bits per heavy atom. The van der Waals surface area contributed by atoms with Crippen LogP contribution < -0.4 is 10.2 Å². The molecule has 6 nitrogen and oxygen atoms in total. The number of carbonyl (C=O) groups excluding carboxylic acids is 2. The van der Waals surface area contributed by atoms with Crippen molar-refractivity contribution < 1.29 is 22.8 Å². The van der Waals surface area contributed by atoms with Gasteiger partial charge in [0, 0.05) is 30.2 Å². The third-order valence-electron chi connectivity index (χ3n) is 5.34. The summed E-state index contributed by atoms with van der Waals surface area (Å²) in [7, 11) is 0. The van der Waals surface area contributed by atoms with Gasteiger partial charge in [0.2, 0.25) is 5.78 Å². The summed E-state index contributed by atoms with van der Waals surface area (Å²) in [6.07, 6.45) is -2.73. The first-order valence-corrected chi connectivity index (χ1v) is 10.8. The number of hydrogen-bond donors (Lipinski definition) is 1. The first kappa shape index (κ1) is 23.5. The number of carbonyl (C=O) groups is 2. The number of nitrogens with one attached hydrogen (secondary N) is 1. The topological polar surface area (TPSA) is 65.5 Å². The van der Waals surface area contributed by atoms with Crippen LogP contribution in [0.4, 0.5) is 24.0 Å². The van der Waals surface area contributed by atoms with Gasteiger partial charge >= 0.3 is 6.18 Å². The maximum absolute atomic E-state index is 13.2. The van der Waals surface area contributed by atoms with Gasteiger partial charge < -0.3 is 10.2 Å². The van der Waals surface area contributed by atoms with Gasteiger partial charge in [0.15, 0.2) is 6.29 Å². The molecule has 0 radical (unpaired) electrons. The largest absolute Gasteiger partial charge is 0.418 e. The molecule has 31 heavy (non-hydrogen) atoms. The van der Waals surface area contributed by atoms with Crippen molar-refractivity contribution in [1.29, 1.82) is 0 Å². The van der Waals surface area contributed by atoms with Gasteiger partial charge in [0.25, 0.3) is 0 Å². The molecule has 1 fully saturated rings. The third kappa shape index (κ3) is 4.56. The molecule has 0 bridgehead atoms. The van der Waals surface area contributed by atoms with Crippen molar-refractivity contribution in [2.45, 2.75) is 45.1 Å². The SMILES string of the molecule is CCNc1cc(CN2CN(c3scc(C(F)(F)F)c3Cl)C(C(=O)C=O)C2(C)C)ccn1. The van der Waals surface area contributed by atoms with Gasteiger partial charge in [-0.25, -0.2) is 4.98 Å². The van der Waals surface area contributed by atoms with Crippen molar-refractivity contribution in [2.24, 2.45) is 0 Å². The molecule has 1 aliphatic rings. The Hall–Kier alpha value is -2.17. The van der Waals surface area contributed by atoms with Crippen LogP contribution in [0, 0.1) is 0 Å². The molecule has 168 valence electrons. The first-order chi connectivity index (χ1) is 14.5. The van der Waals surface area contributed by atoms with Gasteiger partial charge in [0.1, 0.15) is 16.9 Å². The second-order valence-electron chi connectivity index (χ2n) is 7.73. The number of ketones is 1. The molecule has 1 N–H and O–H groups in total. The van der Waals surface area contributed by atoms with E-state index in [1.54, 1.807) is 20.0 Å². The lowest BCUT2D eigenvalue weighted by molar-refractivity contribution is -0.137. The lowest BCUT2D eigenvalue weighted by Gasteiger charge is -2.34. The van der Waals surface area contributed by atoms with Gasteiger partial charge in [-0.05, 0) is 38.5 Å². The molecule has 2 aromatic heterocycles. The number of thiophene rings is 1.